The van der Waals surface area contributed by atoms with Crippen LogP contribution in [0.1, 0.15) is 42.1 Å². The molecule has 45 heavy (non-hydrogen) atoms. The zero-order valence-electron chi connectivity index (χ0n) is 25.0. The zero-order valence-corrected chi connectivity index (χ0v) is 26.7. The van der Waals surface area contributed by atoms with E-state index >= 15 is 0 Å². The molecule has 4 aromatic carbocycles. The van der Waals surface area contributed by atoms with E-state index in [0.29, 0.717) is 45.9 Å². The molecule has 0 saturated carbocycles. The number of fused-ring (bicyclic) bond motifs is 1. The fraction of sp³-hybridized carbons (Fsp3) is 0.200. The number of aryl methyl sites for hydroxylation is 1. The Morgan fingerprint density at radius 3 is 2.42 bits per heavy atom. The summed E-state index contributed by atoms with van der Waals surface area (Å²) in [6.07, 6.45) is 0. The van der Waals surface area contributed by atoms with Crippen LogP contribution in [0.15, 0.2) is 94.8 Å². The van der Waals surface area contributed by atoms with Gasteiger partial charge in [0.1, 0.15) is 5.76 Å². The van der Waals surface area contributed by atoms with Crippen molar-refractivity contribution in [2.75, 3.05) is 18.1 Å². The number of benzene rings is 4. The molecule has 1 atom stereocenters. The Kier molecular flexibility index (Phi) is 8.86. The highest BCUT2D eigenvalue weighted by molar-refractivity contribution is 8.00. The third-order valence-corrected chi connectivity index (χ3v) is 9.59. The molecule has 0 spiro atoms. The molecule has 6 rings (SSSR count). The molecule has 1 aromatic heterocycles. The Labute approximate surface area is 269 Å². The van der Waals surface area contributed by atoms with E-state index in [2.05, 4.69) is 34.5 Å². The minimum Gasteiger partial charge on any atom is -0.507 e. The number of Topliss-reactive ketones (excluding diaryl/α,β-unsaturated/α-hetero) is 1. The van der Waals surface area contributed by atoms with E-state index in [0.717, 1.165) is 16.5 Å². The minimum absolute atomic E-state index is 0.0318. The van der Waals surface area contributed by atoms with E-state index in [-0.39, 0.29) is 16.5 Å². The van der Waals surface area contributed by atoms with E-state index in [1.54, 1.807) is 30.3 Å². The van der Waals surface area contributed by atoms with Crippen molar-refractivity contribution in [3.63, 3.8) is 0 Å². The number of amides is 1. The number of hydrogen-bond donors (Lipinski definition) is 1. The van der Waals surface area contributed by atoms with Gasteiger partial charge in [0.25, 0.3) is 5.78 Å². The van der Waals surface area contributed by atoms with Crippen molar-refractivity contribution in [1.82, 2.24) is 10.2 Å². The lowest BCUT2D eigenvalue weighted by Gasteiger charge is -2.23. The molecule has 1 saturated heterocycles. The predicted octanol–water partition coefficient (Wildman–Crippen LogP) is 7.72. The van der Waals surface area contributed by atoms with Crippen LogP contribution in [0.3, 0.4) is 0 Å². The van der Waals surface area contributed by atoms with E-state index in [1.165, 1.54) is 33.4 Å². The van der Waals surface area contributed by atoms with Gasteiger partial charge in [-0.15, -0.1) is 10.2 Å². The monoisotopic (exact) mass is 637 g/mol. The number of aliphatic hydroxyl groups excluding tert-OH is 1. The first-order valence-electron chi connectivity index (χ1n) is 14.6. The van der Waals surface area contributed by atoms with Gasteiger partial charge in [-0.1, -0.05) is 101 Å². The largest absolute Gasteiger partial charge is 0.507 e. The highest BCUT2D eigenvalue weighted by atomic mass is 32.2. The number of ether oxygens (including phenoxy) is 2. The standard InChI is InChI=1S/C35H31N3O5S2/c1-4-42-27-18-17-24(19-28(27)43-5-2)30-29(31(39)23-15-13-21(3)14-16-23)32(40)33(41)38(30)34-36-37-35(45-34)44-20-25-11-8-10-22-9-6-7-12-26(22)25/h6-19,30,39H,4-5,20H2,1-3H3. The number of hydrogen-bond acceptors (Lipinski definition) is 9. The molecule has 10 heteroatoms. The van der Waals surface area contributed by atoms with Crippen molar-refractivity contribution in [3.05, 3.63) is 113 Å². The summed E-state index contributed by atoms with van der Waals surface area (Å²) < 4.78 is 12.3. The van der Waals surface area contributed by atoms with Gasteiger partial charge in [-0.2, -0.15) is 0 Å². The molecule has 8 nitrogen and oxygen atoms in total. The summed E-state index contributed by atoms with van der Waals surface area (Å²) in [5.41, 5.74) is 3.12. The van der Waals surface area contributed by atoms with Gasteiger partial charge in [0.2, 0.25) is 5.13 Å². The molecule has 228 valence electrons. The molecule has 0 radical (unpaired) electrons. The van der Waals surface area contributed by atoms with Crippen LogP contribution in [0.5, 0.6) is 11.5 Å². The minimum atomic E-state index is -0.968. The second kappa shape index (κ2) is 13.1. The zero-order chi connectivity index (χ0) is 31.5. The third-order valence-electron chi connectivity index (χ3n) is 7.49. The first kappa shape index (κ1) is 30.4. The fourth-order valence-electron chi connectivity index (χ4n) is 5.37. The maximum atomic E-state index is 13.7. The number of carbonyl (C=O) groups excluding carboxylic acids is 2. The van der Waals surface area contributed by atoms with Gasteiger partial charge in [-0.05, 0) is 54.8 Å². The molecule has 1 N–H and O–H groups in total. The van der Waals surface area contributed by atoms with Crippen LogP contribution >= 0.6 is 23.1 Å². The normalized spacial score (nSPS) is 16.0. The van der Waals surface area contributed by atoms with E-state index in [1.807, 2.05) is 51.1 Å². The van der Waals surface area contributed by atoms with Gasteiger partial charge in [0.15, 0.2) is 15.8 Å². The van der Waals surface area contributed by atoms with E-state index in [9.17, 15) is 14.7 Å². The lowest BCUT2D eigenvalue weighted by atomic mass is 9.95. The smallest absolute Gasteiger partial charge is 0.301 e. The second-order valence-corrected chi connectivity index (χ2v) is 12.6. The number of anilines is 1. The number of carbonyl (C=O) groups is 2. The average Bonchev–Trinajstić information content (AvgIpc) is 3.62. The van der Waals surface area contributed by atoms with Gasteiger partial charge in [0, 0.05) is 11.3 Å². The molecule has 1 aliphatic rings. The second-order valence-electron chi connectivity index (χ2n) is 10.4. The van der Waals surface area contributed by atoms with E-state index < -0.39 is 17.7 Å². The predicted molar refractivity (Wildman–Crippen MR) is 178 cm³/mol. The first-order valence-corrected chi connectivity index (χ1v) is 16.4. The van der Waals surface area contributed by atoms with Crippen LogP contribution in [0.4, 0.5) is 5.13 Å². The Balaban J connectivity index is 1.40. The van der Waals surface area contributed by atoms with Gasteiger partial charge in [0.05, 0.1) is 24.8 Å². The van der Waals surface area contributed by atoms with Crippen LogP contribution in [-0.4, -0.2) is 40.2 Å². The van der Waals surface area contributed by atoms with Gasteiger partial charge in [-0.25, -0.2) is 0 Å². The molecule has 5 aromatic rings. The number of ketones is 1. The van der Waals surface area contributed by atoms with Crippen molar-refractivity contribution < 1.29 is 24.2 Å². The van der Waals surface area contributed by atoms with Crippen LogP contribution in [0.2, 0.25) is 0 Å². The quantitative estimate of drug-likeness (QED) is 0.0546. The molecular formula is C35H31N3O5S2. The first-order chi connectivity index (χ1) is 21.9. The molecule has 1 fully saturated rings. The van der Waals surface area contributed by atoms with Crippen molar-refractivity contribution >= 4 is 56.5 Å². The number of aliphatic hydroxyl groups is 1. The molecule has 0 aliphatic carbocycles. The molecule has 1 unspecified atom stereocenters. The Morgan fingerprint density at radius 2 is 1.64 bits per heavy atom. The van der Waals surface area contributed by atoms with E-state index in [4.69, 9.17) is 9.47 Å². The SMILES string of the molecule is CCOc1ccc(C2C(=C(O)c3ccc(C)cc3)C(=O)C(=O)N2c2nnc(SCc3cccc4ccccc34)s2)cc1OCC. The van der Waals surface area contributed by atoms with Crippen LogP contribution in [-0.2, 0) is 15.3 Å². The highest BCUT2D eigenvalue weighted by Gasteiger charge is 2.48. The number of nitrogens with zero attached hydrogens (tertiary/aromatic N) is 3. The van der Waals surface area contributed by atoms with Crippen LogP contribution in [0, 0.1) is 6.92 Å². The van der Waals surface area contributed by atoms with Crippen molar-refractivity contribution in [2.45, 2.75) is 36.9 Å². The maximum Gasteiger partial charge on any atom is 0.301 e. The summed E-state index contributed by atoms with van der Waals surface area (Å²) in [6.45, 7) is 6.51. The molecule has 1 aliphatic heterocycles. The van der Waals surface area contributed by atoms with Gasteiger partial charge in [-0.3, -0.25) is 14.5 Å². The lowest BCUT2D eigenvalue weighted by Crippen LogP contribution is -2.29. The molecule has 1 amide bonds. The van der Waals surface area contributed by atoms with Gasteiger partial charge >= 0.3 is 5.91 Å². The van der Waals surface area contributed by atoms with Crippen molar-refractivity contribution in [1.29, 1.82) is 0 Å². The maximum absolute atomic E-state index is 13.7. The number of aromatic nitrogens is 2. The van der Waals surface area contributed by atoms with Crippen molar-refractivity contribution in [2.24, 2.45) is 0 Å². The van der Waals surface area contributed by atoms with Crippen LogP contribution < -0.4 is 14.4 Å². The highest BCUT2D eigenvalue weighted by Crippen LogP contribution is 2.46. The summed E-state index contributed by atoms with van der Waals surface area (Å²) in [6, 6.07) is 25.9. The third kappa shape index (κ3) is 6.03. The summed E-state index contributed by atoms with van der Waals surface area (Å²) in [4.78, 5) is 28.7. The number of rotatable bonds is 10. The Morgan fingerprint density at radius 1 is 0.911 bits per heavy atom. The summed E-state index contributed by atoms with van der Waals surface area (Å²) >= 11 is 2.74. The summed E-state index contributed by atoms with van der Waals surface area (Å²) in [5.74, 6) is -0.180. The summed E-state index contributed by atoms with van der Waals surface area (Å²) in [7, 11) is 0. The lowest BCUT2D eigenvalue weighted by molar-refractivity contribution is -0.132. The molecule has 0 bridgehead atoms. The molecular weight excluding hydrogens is 607 g/mol. The average molecular weight is 638 g/mol. The fourth-order valence-corrected chi connectivity index (χ4v) is 7.24. The Bertz CT molecular complexity index is 1910. The van der Waals surface area contributed by atoms with Gasteiger partial charge < -0.3 is 14.6 Å². The topological polar surface area (TPSA) is 102 Å². The molecule has 2 heterocycles. The summed E-state index contributed by atoms with van der Waals surface area (Å²) in [5, 5.41) is 22.8. The number of thioether (sulfide) groups is 1. The van der Waals surface area contributed by atoms with Crippen LogP contribution in [0.25, 0.3) is 16.5 Å². The van der Waals surface area contributed by atoms with Crippen molar-refractivity contribution in [3.8, 4) is 11.5 Å². The Hall–Kier alpha value is -4.67.